The summed E-state index contributed by atoms with van der Waals surface area (Å²) >= 11 is 0. The number of furan rings is 1. The van der Waals surface area contributed by atoms with Crippen LogP contribution in [0.15, 0.2) is 53.0 Å². The van der Waals surface area contributed by atoms with E-state index in [0.29, 0.717) is 5.75 Å². The van der Waals surface area contributed by atoms with Gasteiger partial charge in [0.15, 0.2) is 0 Å². The molecule has 4 rings (SSSR count). The van der Waals surface area contributed by atoms with Crippen molar-refractivity contribution < 1.29 is 29.2 Å². The van der Waals surface area contributed by atoms with Crippen molar-refractivity contribution in [2.24, 2.45) is 0 Å². The van der Waals surface area contributed by atoms with Crippen LogP contribution in [0.2, 0.25) is 0 Å². The third-order valence-corrected chi connectivity index (χ3v) is 5.50. The van der Waals surface area contributed by atoms with Crippen LogP contribution >= 0.6 is 0 Å². The highest BCUT2D eigenvalue weighted by Crippen LogP contribution is 2.35. The molecule has 0 bridgehead atoms. The zero-order chi connectivity index (χ0) is 21.4. The van der Waals surface area contributed by atoms with E-state index in [9.17, 15) is 15.3 Å². The van der Waals surface area contributed by atoms with E-state index in [1.54, 1.807) is 19.1 Å². The quantitative estimate of drug-likeness (QED) is 0.608. The van der Waals surface area contributed by atoms with Crippen LogP contribution in [0.4, 0.5) is 0 Å². The summed E-state index contributed by atoms with van der Waals surface area (Å²) in [5.41, 5.74) is 3.91. The van der Waals surface area contributed by atoms with E-state index in [0.717, 1.165) is 33.4 Å². The molecule has 0 amide bonds. The van der Waals surface area contributed by atoms with Crippen LogP contribution < -0.4 is 4.74 Å². The molecule has 0 spiro atoms. The molecule has 1 aromatic heterocycles. The second-order valence-electron chi connectivity index (χ2n) is 7.64. The maximum atomic E-state index is 10.1. The monoisotopic (exact) mass is 410 g/mol. The van der Waals surface area contributed by atoms with Gasteiger partial charge in [0, 0.05) is 16.5 Å². The number of aliphatic hydroxyl groups excluding tert-OH is 3. The van der Waals surface area contributed by atoms with E-state index >= 15 is 0 Å². The summed E-state index contributed by atoms with van der Waals surface area (Å²) in [5, 5.41) is 30.9. The van der Waals surface area contributed by atoms with Gasteiger partial charge in [0.2, 0.25) is 6.29 Å². The number of fused-ring (bicyclic) bond motifs is 1. The Morgan fingerprint density at radius 1 is 0.967 bits per heavy atom. The number of hydrogen-bond acceptors (Lipinski definition) is 6. The molecule has 1 aliphatic heterocycles. The van der Waals surface area contributed by atoms with E-state index < -0.39 is 30.7 Å². The normalized spacial score (nSPS) is 27.1. The van der Waals surface area contributed by atoms with Crippen LogP contribution in [0.5, 0.6) is 5.75 Å². The number of aryl methyl sites for hydroxylation is 1. The van der Waals surface area contributed by atoms with Crippen LogP contribution in [0.1, 0.15) is 25.0 Å². The van der Waals surface area contributed by atoms with Crippen LogP contribution in [0.3, 0.4) is 0 Å². The van der Waals surface area contributed by atoms with Crippen molar-refractivity contribution in [3.05, 3.63) is 59.7 Å². The summed E-state index contributed by atoms with van der Waals surface area (Å²) in [7, 11) is 0. The Hall–Kier alpha value is -2.64. The lowest BCUT2D eigenvalue weighted by Crippen LogP contribution is -2.58. The minimum absolute atomic E-state index is 0.475. The molecule has 0 aliphatic carbocycles. The highest BCUT2D eigenvalue weighted by molar-refractivity contribution is 5.89. The van der Waals surface area contributed by atoms with Gasteiger partial charge in [-0.3, -0.25) is 0 Å². The van der Waals surface area contributed by atoms with Gasteiger partial charge in [-0.1, -0.05) is 18.2 Å². The molecule has 3 aromatic rings. The van der Waals surface area contributed by atoms with Gasteiger partial charge in [0.25, 0.3) is 0 Å². The van der Waals surface area contributed by atoms with Crippen molar-refractivity contribution in [1.29, 1.82) is 0 Å². The van der Waals surface area contributed by atoms with E-state index in [4.69, 9.17) is 13.9 Å². The molecule has 2 heterocycles. The van der Waals surface area contributed by atoms with Crippen LogP contribution in [0, 0.1) is 6.92 Å². The van der Waals surface area contributed by atoms with Crippen molar-refractivity contribution in [3.63, 3.8) is 0 Å². The van der Waals surface area contributed by atoms with Crippen LogP contribution in [-0.2, 0) is 4.74 Å². The first-order valence-electron chi connectivity index (χ1n) is 10.0. The van der Waals surface area contributed by atoms with Gasteiger partial charge in [-0.2, -0.15) is 0 Å². The fourth-order valence-electron chi connectivity index (χ4n) is 3.74. The van der Waals surface area contributed by atoms with E-state index in [-0.39, 0.29) is 0 Å². The molecular weight excluding hydrogens is 384 g/mol. The van der Waals surface area contributed by atoms with Crippen molar-refractivity contribution in [3.8, 4) is 17.1 Å². The molecule has 6 heteroatoms. The van der Waals surface area contributed by atoms with Crippen LogP contribution in [-0.4, -0.2) is 46.0 Å². The smallest absolute Gasteiger partial charge is 0.229 e. The first-order valence-corrected chi connectivity index (χ1v) is 10.0. The number of benzene rings is 2. The summed E-state index contributed by atoms with van der Waals surface area (Å²) in [5.74, 6) is 1.26. The van der Waals surface area contributed by atoms with Gasteiger partial charge >= 0.3 is 0 Å². The zero-order valence-corrected chi connectivity index (χ0v) is 17.1. The van der Waals surface area contributed by atoms with E-state index in [1.807, 2.05) is 44.2 Å². The molecule has 6 nitrogen and oxygen atoms in total. The van der Waals surface area contributed by atoms with Gasteiger partial charge in [-0.25, -0.2) is 0 Å². The lowest BCUT2D eigenvalue weighted by Gasteiger charge is -2.38. The predicted molar refractivity (Wildman–Crippen MR) is 114 cm³/mol. The molecule has 2 aromatic carbocycles. The SMILES string of the molecule is CC=Cc1ccc2oc(-c3ccc(O[C@H]4O[C@@H](C)[C@H](O)[C@H](O)[C@H]4O)cc3)c(C)c2c1. The molecule has 0 saturated carbocycles. The Labute approximate surface area is 175 Å². The van der Waals surface area contributed by atoms with Crippen LogP contribution in [0.25, 0.3) is 28.4 Å². The molecule has 5 atom stereocenters. The fraction of sp³-hybridized carbons (Fsp3) is 0.333. The summed E-state index contributed by atoms with van der Waals surface area (Å²) in [4.78, 5) is 0. The number of aliphatic hydroxyl groups is 3. The van der Waals surface area contributed by atoms with Gasteiger partial charge in [0.05, 0.1) is 6.10 Å². The highest BCUT2D eigenvalue weighted by Gasteiger charge is 2.43. The van der Waals surface area contributed by atoms with Crippen molar-refractivity contribution in [2.75, 3.05) is 0 Å². The Morgan fingerprint density at radius 3 is 2.40 bits per heavy atom. The summed E-state index contributed by atoms with van der Waals surface area (Å²) < 4.78 is 17.3. The third kappa shape index (κ3) is 3.75. The predicted octanol–water partition coefficient (Wildman–Crippen LogP) is 3.65. The summed E-state index contributed by atoms with van der Waals surface area (Å²) in [6, 6.07) is 13.4. The number of rotatable bonds is 4. The molecule has 0 unspecified atom stereocenters. The van der Waals surface area contributed by atoms with E-state index in [1.165, 1.54) is 0 Å². The standard InChI is InChI=1S/C24H26O6/c1-4-5-15-6-11-19-18(12-15)13(2)23(30-19)16-7-9-17(10-8-16)29-24-22(27)21(26)20(25)14(3)28-24/h4-12,14,20-22,24-27H,1-3H3/t14-,20-,21-,22+,24+/m0/s1. The molecule has 3 N–H and O–H groups in total. The van der Waals surface area contributed by atoms with Gasteiger partial charge in [-0.05, 0) is 62.7 Å². The number of ether oxygens (including phenoxy) is 2. The Bertz CT molecular complexity index is 1050. The van der Waals surface area contributed by atoms with Crippen molar-refractivity contribution in [1.82, 2.24) is 0 Å². The van der Waals surface area contributed by atoms with Gasteiger partial charge in [-0.15, -0.1) is 0 Å². The Kier molecular flexibility index (Phi) is 5.66. The third-order valence-electron chi connectivity index (χ3n) is 5.50. The molecule has 1 fully saturated rings. The second-order valence-corrected chi connectivity index (χ2v) is 7.64. The van der Waals surface area contributed by atoms with Crippen molar-refractivity contribution in [2.45, 2.75) is 51.5 Å². The topological polar surface area (TPSA) is 92.3 Å². The molecule has 158 valence electrons. The van der Waals surface area contributed by atoms with Crippen molar-refractivity contribution >= 4 is 17.0 Å². The lowest BCUT2D eigenvalue weighted by molar-refractivity contribution is -0.268. The Balaban J connectivity index is 1.56. The molecule has 1 saturated heterocycles. The minimum atomic E-state index is -1.35. The summed E-state index contributed by atoms with van der Waals surface area (Å²) in [6.45, 7) is 5.64. The fourth-order valence-corrected chi connectivity index (χ4v) is 3.74. The van der Waals surface area contributed by atoms with E-state index in [2.05, 4.69) is 12.1 Å². The maximum absolute atomic E-state index is 10.1. The first kappa shape index (κ1) is 20.6. The average molecular weight is 410 g/mol. The number of hydrogen-bond donors (Lipinski definition) is 3. The highest BCUT2D eigenvalue weighted by atomic mass is 16.7. The average Bonchev–Trinajstić information content (AvgIpc) is 3.07. The first-order chi connectivity index (χ1) is 14.4. The zero-order valence-electron chi connectivity index (χ0n) is 17.1. The maximum Gasteiger partial charge on any atom is 0.229 e. The van der Waals surface area contributed by atoms with Gasteiger partial charge < -0.3 is 29.2 Å². The van der Waals surface area contributed by atoms with Gasteiger partial charge in [0.1, 0.15) is 35.4 Å². The minimum Gasteiger partial charge on any atom is -0.462 e. The second kappa shape index (κ2) is 8.24. The summed E-state index contributed by atoms with van der Waals surface area (Å²) in [6.07, 6.45) is -1.50. The lowest BCUT2D eigenvalue weighted by atomic mass is 10.00. The molecule has 30 heavy (non-hydrogen) atoms. The largest absolute Gasteiger partial charge is 0.462 e. The Morgan fingerprint density at radius 2 is 1.70 bits per heavy atom. The molecule has 0 radical (unpaired) electrons. The number of allylic oxidation sites excluding steroid dienone is 1. The molecular formula is C24H26O6. The molecule has 1 aliphatic rings.